The molecule has 0 radical (unpaired) electrons. The Morgan fingerprint density at radius 1 is 0.889 bits per heavy atom. The van der Waals surface area contributed by atoms with Crippen molar-refractivity contribution in [1.29, 1.82) is 0 Å². The molecule has 0 atom stereocenters. The Bertz CT molecular complexity index is 921. The van der Waals surface area contributed by atoms with Gasteiger partial charge in [0.15, 0.2) is 0 Å². The van der Waals surface area contributed by atoms with Gasteiger partial charge in [0.2, 0.25) is 0 Å². The molecule has 3 aromatic rings. The Kier molecular flexibility index (Phi) is 6.15. The van der Waals surface area contributed by atoms with Gasteiger partial charge in [-0.2, -0.15) is 0 Å². The molecule has 3 nitrogen and oxygen atoms in total. The summed E-state index contributed by atoms with van der Waals surface area (Å²) < 4.78 is 11.2. The fourth-order valence-corrected chi connectivity index (χ4v) is 3.20. The summed E-state index contributed by atoms with van der Waals surface area (Å²) >= 11 is 0. The Morgan fingerprint density at radius 3 is 2.37 bits per heavy atom. The number of fused-ring (bicyclic) bond motifs is 1. The van der Waals surface area contributed by atoms with E-state index in [-0.39, 0.29) is 12.4 Å². The summed E-state index contributed by atoms with van der Waals surface area (Å²) in [6.45, 7) is 1.38. The SMILES string of the molecule is COc1ccc2c(c1)CCN=C2c1ccc(OCc2ccccc2)cc1.Cl. The second kappa shape index (κ2) is 8.74. The van der Waals surface area contributed by atoms with E-state index in [0.717, 1.165) is 41.3 Å². The van der Waals surface area contributed by atoms with Gasteiger partial charge in [-0.3, -0.25) is 4.99 Å². The van der Waals surface area contributed by atoms with Gasteiger partial charge in [0.05, 0.1) is 12.8 Å². The quantitative estimate of drug-likeness (QED) is 0.618. The molecule has 0 aliphatic carbocycles. The highest BCUT2D eigenvalue weighted by Gasteiger charge is 2.16. The highest BCUT2D eigenvalue weighted by atomic mass is 35.5. The lowest BCUT2D eigenvalue weighted by Gasteiger charge is -2.18. The van der Waals surface area contributed by atoms with Crippen LogP contribution in [-0.2, 0) is 13.0 Å². The van der Waals surface area contributed by atoms with Crippen LogP contribution in [-0.4, -0.2) is 19.4 Å². The van der Waals surface area contributed by atoms with E-state index in [1.807, 2.05) is 36.4 Å². The average Bonchev–Trinajstić information content (AvgIpc) is 2.72. The van der Waals surface area contributed by atoms with E-state index >= 15 is 0 Å². The summed E-state index contributed by atoms with van der Waals surface area (Å²) in [5, 5.41) is 0. The first-order valence-electron chi connectivity index (χ1n) is 8.82. The van der Waals surface area contributed by atoms with Gasteiger partial charge >= 0.3 is 0 Å². The number of methoxy groups -OCH3 is 1. The number of benzene rings is 3. The molecule has 4 rings (SSSR count). The summed E-state index contributed by atoms with van der Waals surface area (Å²) in [5.74, 6) is 1.76. The number of hydrogen-bond donors (Lipinski definition) is 0. The second-order valence-electron chi connectivity index (χ2n) is 6.30. The highest BCUT2D eigenvalue weighted by molar-refractivity contribution is 6.14. The second-order valence-corrected chi connectivity index (χ2v) is 6.30. The van der Waals surface area contributed by atoms with E-state index < -0.39 is 0 Å². The lowest BCUT2D eigenvalue weighted by molar-refractivity contribution is 0.306. The normalized spacial score (nSPS) is 12.4. The third-order valence-corrected chi connectivity index (χ3v) is 4.59. The van der Waals surface area contributed by atoms with Crippen molar-refractivity contribution >= 4 is 18.1 Å². The molecule has 0 bridgehead atoms. The molecule has 0 aromatic heterocycles. The first-order chi connectivity index (χ1) is 12.8. The maximum Gasteiger partial charge on any atom is 0.119 e. The first-order valence-corrected chi connectivity index (χ1v) is 8.82. The lowest BCUT2D eigenvalue weighted by atomic mass is 9.93. The number of aliphatic imine (C=N–C) groups is 1. The van der Waals surface area contributed by atoms with E-state index in [4.69, 9.17) is 14.5 Å². The van der Waals surface area contributed by atoms with Gasteiger partial charge in [-0.15, -0.1) is 12.4 Å². The van der Waals surface area contributed by atoms with Crippen LogP contribution >= 0.6 is 12.4 Å². The minimum absolute atomic E-state index is 0. The molecule has 0 N–H and O–H groups in total. The lowest BCUT2D eigenvalue weighted by Crippen LogP contribution is -2.14. The monoisotopic (exact) mass is 379 g/mol. The predicted molar refractivity (Wildman–Crippen MR) is 112 cm³/mol. The zero-order valence-corrected chi connectivity index (χ0v) is 16.0. The van der Waals surface area contributed by atoms with Crippen LogP contribution in [0.2, 0.25) is 0 Å². The fraction of sp³-hybridized carbons (Fsp3) is 0.174. The van der Waals surface area contributed by atoms with Gasteiger partial charge in [0.1, 0.15) is 18.1 Å². The molecule has 0 saturated carbocycles. The molecule has 1 aliphatic rings. The van der Waals surface area contributed by atoms with E-state index in [0.29, 0.717) is 6.61 Å². The molecule has 3 aromatic carbocycles. The van der Waals surface area contributed by atoms with Crippen LogP contribution in [0.25, 0.3) is 0 Å². The molecule has 27 heavy (non-hydrogen) atoms. The minimum atomic E-state index is 0. The largest absolute Gasteiger partial charge is 0.497 e. The third-order valence-electron chi connectivity index (χ3n) is 4.59. The molecule has 138 valence electrons. The maximum atomic E-state index is 5.88. The molecule has 0 amide bonds. The number of ether oxygens (including phenoxy) is 2. The van der Waals surface area contributed by atoms with Crippen LogP contribution in [0.15, 0.2) is 77.8 Å². The predicted octanol–water partition coefficient (Wildman–Crippen LogP) is 5.09. The van der Waals surface area contributed by atoms with Crippen LogP contribution in [0.4, 0.5) is 0 Å². The Hall–Kier alpha value is -2.78. The molecular formula is C23H22ClNO2. The van der Waals surface area contributed by atoms with Crippen molar-refractivity contribution in [2.45, 2.75) is 13.0 Å². The van der Waals surface area contributed by atoms with E-state index in [1.165, 1.54) is 11.1 Å². The van der Waals surface area contributed by atoms with Crippen molar-refractivity contribution in [1.82, 2.24) is 0 Å². The van der Waals surface area contributed by atoms with E-state index in [9.17, 15) is 0 Å². The number of nitrogens with zero attached hydrogens (tertiary/aromatic N) is 1. The molecule has 0 fully saturated rings. The average molecular weight is 380 g/mol. The summed E-state index contributed by atoms with van der Waals surface area (Å²) in [6, 6.07) is 24.6. The topological polar surface area (TPSA) is 30.8 Å². The van der Waals surface area contributed by atoms with Gasteiger partial charge < -0.3 is 9.47 Å². The van der Waals surface area contributed by atoms with Crippen LogP contribution in [0.5, 0.6) is 11.5 Å². The zero-order valence-electron chi connectivity index (χ0n) is 15.2. The van der Waals surface area contributed by atoms with Crippen LogP contribution < -0.4 is 9.47 Å². The Labute approximate surface area is 166 Å². The molecule has 0 unspecified atom stereocenters. The van der Waals surface area contributed by atoms with Crippen molar-refractivity contribution in [3.05, 3.63) is 95.1 Å². The van der Waals surface area contributed by atoms with Crippen molar-refractivity contribution in [3.63, 3.8) is 0 Å². The van der Waals surface area contributed by atoms with Crippen molar-refractivity contribution in [3.8, 4) is 11.5 Å². The van der Waals surface area contributed by atoms with Gasteiger partial charge in [-0.05, 0) is 60.0 Å². The third kappa shape index (κ3) is 4.32. The maximum absolute atomic E-state index is 5.88. The Balaban J connectivity index is 0.00000210. The summed E-state index contributed by atoms with van der Waals surface area (Å²) in [6.07, 6.45) is 0.953. The van der Waals surface area contributed by atoms with Gasteiger partial charge in [0.25, 0.3) is 0 Å². The highest BCUT2D eigenvalue weighted by Crippen LogP contribution is 2.25. The summed E-state index contributed by atoms with van der Waals surface area (Å²) in [4.78, 5) is 4.75. The molecule has 1 aliphatic heterocycles. The van der Waals surface area contributed by atoms with Gasteiger partial charge in [-0.1, -0.05) is 30.3 Å². The summed E-state index contributed by atoms with van der Waals surface area (Å²) in [5.41, 5.74) is 5.80. The van der Waals surface area contributed by atoms with E-state index in [1.54, 1.807) is 7.11 Å². The minimum Gasteiger partial charge on any atom is -0.497 e. The fourth-order valence-electron chi connectivity index (χ4n) is 3.20. The van der Waals surface area contributed by atoms with Gasteiger partial charge in [-0.25, -0.2) is 0 Å². The van der Waals surface area contributed by atoms with Gasteiger partial charge in [0, 0.05) is 17.7 Å². The van der Waals surface area contributed by atoms with Crippen molar-refractivity contribution < 1.29 is 9.47 Å². The molecule has 0 spiro atoms. The summed E-state index contributed by atoms with van der Waals surface area (Å²) in [7, 11) is 1.70. The van der Waals surface area contributed by atoms with Crippen molar-refractivity contribution in [2.75, 3.05) is 13.7 Å². The Morgan fingerprint density at radius 2 is 1.63 bits per heavy atom. The van der Waals surface area contributed by atoms with Crippen molar-refractivity contribution in [2.24, 2.45) is 4.99 Å². The van der Waals surface area contributed by atoms with Crippen LogP contribution in [0.1, 0.15) is 22.3 Å². The number of rotatable bonds is 5. The zero-order chi connectivity index (χ0) is 17.8. The molecule has 0 saturated heterocycles. The molecule has 4 heteroatoms. The molecular weight excluding hydrogens is 358 g/mol. The molecule has 1 heterocycles. The van der Waals surface area contributed by atoms with E-state index in [2.05, 4.69) is 36.4 Å². The standard InChI is InChI=1S/C23H21NO2.ClH/c1-25-21-11-12-22-19(15-21)13-14-24-23(22)18-7-9-20(10-8-18)26-16-17-5-3-2-4-6-17;/h2-12,15H,13-14,16H2,1H3;1H. The number of hydrogen-bond acceptors (Lipinski definition) is 3. The number of halogens is 1. The smallest absolute Gasteiger partial charge is 0.119 e. The van der Waals surface area contributed by atoms with Crippen LogP contribution in [0.3, 0.4) is 0 Å². The van der Waals surface area contributed by atoms with Crippen LogP contribution in [0, 0.1) is 0 Å². The first kappa shape index (κ1) is 19.0.